The molecule has 1 N–H and O–H groups in total. The normalized spacial score (nSPS) is 12.2. The maximum atomic E-state index is 12.4. The number of pyridine rings is 1. The van der Waals surface area contributed by atoms with Crippen LogP contribution < -0.4 is 5.69 Å². The van der Waals surface area contributed by atoms with Gasteiger partial charge in [0.1, 0.15) is 5.56 Å². The van der Waals surface area contributed by atoms with E-state index in [-0.39, 0.29) is 0 Å². The van der Waals surface area contributed by atoms with E-state index in [9.17, 15) is 18.0 Å². The lowest BCUT2D eigenvalue weighted by molar-refractivity contribution is -0.136. The molecule has 0 amide bonds. The number of nitrogens with one attached hydrogen (secondary N) is 1. The molecule has 14 heavy (non-hydrogen) atoms. The van der Waals surface area contributed by atoms with Crippen LogP contribution in [0.15, 0.2) is 23.1 Å². The number of aromatic nitrogens is 3. The van der Waals surface area contributed by atoms with Gasteiger partial charge in [-0.15, -0.1) is 0 Å². The molecule has 0 unspecified atom stereocenters. The van der Waals surface area contributed by atoms with E-state index in [1.165, 1.54) is 6.20 Å². The quantitative estimate of drug-likeness (QED) is 0.695. The average Bonchev–Trinajstić information content (AvgIpc) is 2.46. The third kappa shape index (κ3) is 1.17. The molecule has 0 aliphatic rings. The van der Waals surface area contributed by atoms with Crippen molar-refractivity contribution in [2.75, 3.05) is 0 Å². The van der Waals surface area contributed by atoms with Gasteiger partial charge in [0.2, 0.25) is 0 Å². The zero-order valence-corrected chi connectivity index (χ0v) is 6.67. The van der Waals surface area contributed by atoms with E-state index in [0.29, 0.717) is 0 Å². The van der Waals surface area contributed by atoms with Gasteiger partial charge in [-0.05, 0) is 12.1 Å². The number of aromatic amines is 1. The van der Waals surface area contributed by atoms with Crippen molar-refractivity contribution >= 4 is 5.65 Å². The molecule has 7 heteroatoms. The highest BCUT2D eigenvalue weighted by Crippen LogP contribution is 2.30. The van der Waals surface area contributed by atoms with Crippen LogP contribution in [-0.2, 0) is 6.18 Å². The second kappa shape index (κ2) is 2.60. The molecule has 0 bridgehead atoms. The van der Waals surface area contributed by atoms with E-state index in [1.54, 1.807) is 0 Å². The number of hydrogen-bond donors (Lipinski definition) is 1. The summed E-state index contributed by atoms with van der Waals surface area (Å²) in [6.07, 6.45) is -3.29. The van der Waals surface area contributed by atoms with Crippen LogP contribution in [0.4, 0.5) is 13.2 Å². The number of hydrogen-bond acceptors (Lipinski definition) is 2. The molecule has 2 heterocycles. The predicted molar refractivity (Wildman–Crippen MR) is 40.8 cm³/mol. The molecule has 0 aliphatic carbocycles. The molecule has 0 fully saturated rings. The fourth-order valence-electron chi connectivity index (χ4n) is 1.15. The summed E-state index contributed by atoms with van der Waals surface area (Å²) < 4.78 is 37.9. The Bertz CT molecular complexity index is 525. The summed E-state index contributed by atoms with van der Waals surface area (Å²) in [4.78, 5) is 10.9. The van der Waals surface area contributed by atoms with Gasteiger partial charge in [-0.3, -0.25) is 0 Å². The third-order valence-corrected chi connectivity index (χ3v) is 1.75. The fraction of sp³-hybridized carbons (Fsp3) is 0.143. The Morgan fingerprint density at radius 2 is 2.14 bits per heavy atom. The van der Waals surface area contributed by atoms with Crippen LogP contribution in [0.2, 0.25) is 0 Å². The first kappa shape index (κ1) is 8.79. The molecule has 0 atom stereocenters. The number of alkyl halides is 3. The molecule has 74 valence electrons. The molecule has 0 aliphatic heterocycles. The summed E-state index contributed by atoms with van der Waals surface area (Å²) in [6.45, 7) is 0. The molecule has 0 saturated carbocycles. The van der Waals surface area contributed by atoms with E-state index in [4.69, 9.17) is 0 Å². The molecule has 0 aromatic carbocycles. The van der Waals surface area contributed by atoms with Crippen molar-refractivity contribution in [3.63, 3.8) is 0 Å². The minimum Gasteiger partial charge on any atom is -0.250 e. The van der Waals surface area contributed by atoms with Gasteiger partial charge < -0.3 is 0 Å². The fourth-order valence-corrected chi connectivity index (χ4v) is 1.15. The monoisotopic (exact) mass is 203 g/mol. The number of nitrogens with zero attached hydrogens (tertiary/aromatic N) is 2. The predicted octanol–water partition coefficient (Wildman–Crippen LogP) is 1.04. The average molecular weight is 203 g/mol. The smallest absolute Gasteiger partial charge is 0.250 e. The first-order valence-electron chi connectivity index (χ1n) is 3.63. The Hall–Kier alpha value is -1.79. The van der Waals surface area contributed by atoms with Gasteiger partial charge in [0.15, 0.2) is 5.65 Å². The molecule has 0 saturated heterocycles. The van der Waals surface area contributed by atoms with Gasteiger partial charge in [0, 0.05) is 6.20 Å². The molecule has 4 nitrogen and oxygen atoms in total. The molecule has 2 aromatic rings. The van der Waals surface area contributed by atoms with E-state index in [0.717, 1.165) is 16.5 Å². The lowest BCUT2D eigenvalue weighted by Gasteiger charge is -2.05. The largest absolute Gasteiger partial charge is 0.420 e. The second-order valence-corrected chi connectivity index (χ2v) is 2.64. The first-order chi connectivity index (χ1) is 6.50. The molecular weight excluding hydrogens is 199 g/mol. The van der Waals surface area contributed by atoms with Gasteiger partial charge in [-0.1, -0.05) is 0 Å². The number of rotatable bonds is 0. The van der Waals surface area contributed by atoms with Crippen LogP contribution in [0.5, 0.6) is 0 Å². The Kier molecular flexibility index (Phi) is 1.63. The summed E-state index contributed by atoms with van der Waals surface area (Å²) in [5, 5.41) is 5.24. The van der Waals surface area contributed by atoms with E-state index >= 15 is 0 Å². The summed E-state index contributed by atoms with van der Waals surface area (Å²) in [7, 11) is 0. The van der Waals surface area contributed by atoms with E-state index in [2.05, 4.69) is 5.10 Å². The summed E-state index contributed by atoms with van der Waals surface area (Å²) in [5.74, 6) is 0. The number of halogens is 3. The summed E-state index contributed by atoms with van der Waals surface area (Å²) in [6, 6.07) is 2.02. The Morgan fingerprint density at radius 1 is 1.43 bits per heavy atom. The van der Waals surface area contributed by atoms with Crippen molar-refractivity contribution in [1.82, 2.24) is 14.6 Å². The maximum absolute atomic E-state index is 12.4. The van der Waals surface area contributed by atoms with Gasteiger partial charge >= 0.3 is 11.9 Å². The zero-order valence-electron chi connectivity index (χ0n) is 6.67. The Labute approximate surface area is 75.0 Å². The van der Waals surface area contributed by atoms with Crippen molar-refractivity contribution in [2.24, 2.45) is 0 Å². The van der Waals surface area contributed by atoms with Crippen molar-refractivity contribution in [2.45, 2.75) is 6.18 Å². The Balaban J connectivity index is 2.85. The van der Waals surface area contributed by atoms with Crippen LogP contribution in [0.3, 0.4) is 0 Å². The van der Waals surface area contributed by atoms with Crippen LogP contribution in [0.1, 0.15) is 5.56 Å². The van der Waals surface area contributed by atoms with Gasteiger partial charge in [-0.25, -0.2) is 14.3 Å². The topological polar surface area (TPSA) is 50.2 Å². The zero-order chi connectivity index (χ0) is 10.3. The SMILES string of the molecule is O=c1[nH]nc2c(C(F)(F)F)cccn12. The number of fused-ring (bicyclic) bond motifs is 1. The molecule has 2 rings (SSSR count). The second-order valence-electron chi connectivity index (χ2n) is 2.64. The molecular formula is C7H4F3N3O. The minimum absolute atomic E-state index is 0.412. The number of H-pyrrole nitrogens is 1. The maximum Gasteiger partial charge on any atom is 0.420 e. The summed E-state index contributed by atoms with van der Waals surface area (Å²) >= 11 is 0. The minimum atomic E-state index is -4.51. The van der Waals surface area contributed by atoms with Crippen LogP contribution in [0.25, 0.3) is 5.65 Å². The van der Waals surface area contributed by atoms with E-state index < -0.39 is 23.1 Å². The summed E-state index contributed by atoms with van der Waals surface area (Å²) in [5.41, 5.74) is -2.03. The van der Waals surface area contributed by atoms with Gasteiger partial charge in [0.05, 0.1) is 0 Å². The van der Waals surface area contributed by atoms with Crippen LogP contribution >= 0.6 is 0 Å². The van der Waals surface area contributed by atoms with Crippen LogP contribution in [0, 0.1) is 0 Å². The first-order valence-corrected chi connectivity index (χ1v) is 3.63. The van der Waals surface area contributed by atoms with Gasteiger partial charge in [-0.2, -0.15) is 18.3 Å². The lowest BCUT2D eigenvalue weighted by atomic mass is 10.2. The van der Waals surface area contributed by atoms with Crippen LogP contribution in [-0.4, -0.2) is 14.6 Å². The van der Waals surface area contributed by atoms with Crippen molar-refractivity contribution < 1.29 is 13.2 Å². The highest BCUT2D eigenvalue weighted by Gasteiger charge is 2.34. The Morgan fingerprint density at radius 3 is 2.79 bits per heavy atom. The molecule has 0 spiro atoms. The van der Waals surface area contributed by atoms with E-state index in [1.807, 2.05) is 5.10 Å². The third-order valence-electron chi connectivity index (χ3n) is 1.75. The van der Waals surface area contributed by atoms with Gasteiger partial charge in [0.25, 0.3) is 0 Å². The van der Waals surface area contributed by atoms with Crippen molar-refractivity contribution in [3.8, 4) is 0 Å². The lowest BCUT2D eigenvalue weighted by Crippen LogP contribution is -2.12. The standard InChI is InChI=1S/C7H4F3N3O/c8-7(9,10)4-2-1-3-13-5(4)11-12-6(13)14/h1-3H,(H,12,14). The highest BCUT2D eigenvalue weighted by molar-refractivity contribution is 5.47. The van der Waals surface area contributed by atoms with Crippen molar-refractivity contribution in [3.05, 3.63) is 34.4 Å². The van der Waals surface area contributed by atoms with Crippen molar-refractivity contribution in [1.29, 1.82) is 0 Å². The highest BCUT2D eigenvalue weighted by atomic mass is 19.4. The molecule has 2 aromatic heterocycles. The molecule has 0 radical (unpaired) electrons.